The largest absolute Gasteiger partial charge is 0.437 e. The fourth-order valence-corrected chi connectivity index (χ4v) is 4.01. The number of alkyl halides is 6. The maximum absolute atomic E-state index is 12.7. The van der Waals surface area contributed by atoms with E-state index in [1.807, 2.05) is 6.07 Å². The van der Waals surface area contributed by atoms with Crippen LogP contribution in [0.15, 0.2) is 104 Å². The minimum absolute atomic E-state index is 0.245. The average Bonchev–Trinajstić information content (AvgIpc) is 3.01. The van der Waals surface area contributed by atoms with Gasteiger partial charge in [-0.3, -0.25) is 4.98 Å². The Kier molecular flexibility index (Phi) is 8.67. The Balaban J connectivity index is 0.000000195. The molecule has 6 rings (SSSR count). The lowest BCUT2D eigenvalue weighted by Crippen LogP contribution is -2.04. The van der Waals surface area contributed by atoms with Gasteiger partial charge < -0.3 is 4.74 Å². The molecule has 0 saturated carbocycles. The third kappa shape index (κ3) is 7.42. The van der Waals surface area contributed by atoms with Crippen molar-refractivity contribution in [2.75, 3.05) is 0 Å². The first-order chi connectivity index (χ1) is 21.0. The summed E-state index contributed by atoms with van der Waals surface area (Å²) >= 11 is 5.67. The normalized spacial score (nSPS) is 11.5. The molecule has 44 heavy (non-hydrogen) atoms. The zero-order chi connectivity index (χ0) is 31.3. The highest BCUT2D eigenvalue weighted by molar-refractivity contribution is 6.29. The van der Waals surface area contributed by atoms with Gasteiger partial charge in [0.25, 0.3) is 0 Å². The number of aromatic nitrogens is 6. The van der Waals surface area contributed by atoms with Crippen LogP contribution in [-0.2, 0) is 12.4 Å². The number of benzene rings is 3. The summed E-state index contributed by atoms with van der Waals surface area (Å²) in [7, 11) is 0. The molecule has 14 heteroatoms. The van der Waals surface area contributed by atoms with Crippen LogP contribution in [-0.4, -0.2) is 29.9 Å². The Morgan fingerprint density at radius 1 is 0.568 bits per heavy atom. The Morgan fingerprint density at radius 3 is 1.68 bits per heavy atom. The van der Waals surface area contributed by atoms with Crippen LogP contribution in [0.5, 0.6) is 11.6 Å². The van der Waals surface area contributed by atoms with Crippen LogP contribution in [0.2, 0.25) is 5.15 Å². The van der Waals surface area contributed by atoms with Crippen molar-refractivity contribution in [3.05, 3.63) is 120 Å². The van der Waals surface area contributed by atoms with E-state index in [4.69, 9.17) is 16.3 Å². The van der Waals surface area contributed by atoms with E-state index in [2.05, 4.69) is 29.9 Å². The molecule has 6 aromatic rings. The van der Waals surface area contributed by atoms with Gasteiger partial charge in [0.05, 0.1) is 28.0 Å². The molecule has 0 aliphatic carbocycles. The second kappa shape index (κ2) is 12.6. The molecule has 3 aromatic carbocycles. The SMILES string of the molecule is FC(F)(F)c1ccc(-c2cc(Cl)ncn2)cc1.FC(F)(F)c1ccc(-c2cc(Oc3cccc4nccnc34)ncn2)cc1. The lowest BCUT2D eigenvalue weighted by molar-refractivity contribution is -0.138. The maximum atomic E-state index is 12.7. The fourth-order valence-electron chi connectivity index (χ4n) is 3.87. The minimum atomic E-state index is -4.38. The van der Waals surface area contributed by atoms with Crippen LogP contribution >= 0.6 is 11.6 Å². The van der Waals surface area contributed by atoms with Crippen molar-refractivity contribution < 1.29 is 31.1 Å². The van der Waals surface area contributed by atoms with Gasteiger partial charge in [-0.05, 0) is 36.4 Å². The molecule has 0 unspecified atom stereocenters. The molecule has 0 spiro atoms. The number of halogens is 7. The lowest BCUT2D eigenvalue weighted by atomic mass is 10.1. The first kappa shape index (κ1) is 30.3. The van der Waals surface area contributed by atoms with Crippen LogP contribution in [0.3, 0.4) is 0 Å². The smallest absolute Gasteiger partial charge is 0.416 e. The number of ether oxygens (including phenoxy) is 1. The maximum Gasteiger partial charge on any atom is 0.416 e. The molecular formula is C30H17ClF6N6O. The topological polar surface area (TPSA) is 86.6 Å². The molecule has 3 heterocycles. The van der Waals surface area contributed by atoms with Crippen molar-refractivity contribution in [2.24, 2.45) is 0 Å². The van der Waals surface area contributed by atoms with E-state index in [1.165, 1.54) is 43.0 Å². The number of hydrogen-bond acceptors (Lipinski definition) is 7. The van der Waals surface area contributed by atoms with Crippen LogP contribution in [0, 0.1) is 0 Å². The first-order valence-electron chi connectivity index (χ1n) is 12.5. The van der Waals surface area contributed by atoms with Gasteiger partial charge in [0.1, 0.15) is 23.3 Å². The monoisotopic (exact) mass is 626 g/mol. The second-order valence-electron chi connectivity index (χ2n) is 8.90. The van der Waals surface area contributed by atoms with E-state index < -0.39 is 23.5 Å². The molecule has 0 saturated heterocycles. The number of para-hydroxylation sites is 1. The summed E-state index contributed by atoms with van der Waals surface area (Å²) in [6.45, 7) is 0. The van der Waals surface area contributed by atoms with Crippen molar-refractivity contribution in [1.82, 2.24) is 29.9 Å². The Bertz CT molecular complexity index is 1880. The van der Waals surface area contributed by atoms with E-state index in [9.17, 15) is 26.3 Å². The standard InChI is InChI=1S/C19H11F3N4O.C11H6ClF3N2/c20-19(21,22)13-6-4-12(5-7-13)15-10-17(26-11-25-15)27-16-3-1-2-14-18(16)24-9-8-23-14;12-10-5-9(16-6-17-10)7-1-3-8(4-2-7)11(13,14)15/h1-11H;1-6H. The number of nitrogens with zero attached hydrogens (tertiary/aromatic N) is 6. The summed E-state index contributed by atoms with van der Waals surface area (Å²) < 4.78 is 80.9. The average molecular weight is 627 g/mol. The van der Waals surface area contributed by atoms with Gasteiger partial charge in [-0.25, -0.2) is 24.9 Å². The molecule has 0 aliphatic rings. The molecule has 222 valence electrons. The summed E-state index contributed by atoms with van der Waals surface area (Å²) in [5, 5.41) is 0.245. The van der Waals surface area contributed by atoms with E-state index >= 15 is 0 Å². The predicted molar refractivity (Wildman–Crippen MR) is 150 cm³/mol. The summed E-state index contributed by atoms with van der Waals surface area (Å²) in [4.78, 5) is 24.3. The Morgan fingerprint density at radius 2 is 1.11 bits per heavy atom. The zero-order valence-electron chi connectivity index (χ0n) is 22.1. The van der Waals surface area contributed by atoms with E-state index in [0.717, 1.165) is 24.3 Å². The van der Waals surface area contributed by atoms with Crippen molar-refractivity contribution in [2.45, 2.75) is 12.4 Å². The molecule has 0 radical (unpaired) electrons. The molecule has 3 aromatic heterocycles. The number of fused-ring (bicyclic) bond motifs is 1. The highest BCUT2D eigenvalue weighted by Gasteiger charge is 2.30. The summed E-state index contributed by atoms with van der Waals surface area (Å²) in [5.41, 5.74) is 1.85. The summed E-state index contributed by atoms with van der Waals surface area (Å²) in [6.07, 6.45) is -3.02. The first-order valence-corrected chi connectivity index (χ1v) is 12.9. The van der Waals surface area contributed by atoms with Crippen molar-refractivity contribution >= 4 is 22.6 Å². The lowest BCUT2D eigenvalue weighted by Gasteiger charge is -2.09. The van der Waals surface area contributed by atoms with Gasteiger partial charge in [0.2, 0.25) is 5.88 Å². The minimum Gasteiger partial charge on any atom is -0.437 e. The molecule has 0 bridgehead atoms. The summed E-state index contributed by atoms with van der Waals surface area (Å²) in [6, 6.07) is 17.8. The van der Waals surface area contributed by atoms with Crippen molar-refractivity contribution in [3.63, 3.8) is 0 Å². The summed E-state index contributed by atoms with van der Waals surface area (Å²) in [5.74, 6) is 0.718. The molecule has 0 N–H and O–H groups in total. The molecule has 0 amide bonds. The predicted octanol–water partition coefficient (Wildman–Crippen LogP) is 8.71. The number of rotatable bonds is 4. The van der Waals surface area contributed by atoms with Gasteiger partial charge >= 0.3 is 12.4 Å². The van der Waals surface area contributed by atoms with Gasteiger partial charge in [0.15, 0.2) is 5.75 Å². The van der Waals surface area contributed by atoms with Gasteiger partial charge in [0, 0.05) is 35.7 Å². The number of hydrogen-bond donors (Lipinski definition) is 0. The third-order valence-electron chi connectivity index (χ3n) is 5.97. The van der Waals surface area contributed by atoms with Crippen LogP contribution < -0.4 is 4.74 Å². The quantitative estimate of drug-likeness (QED) is 0.143. The highest BCUT2D eigenvalue weighted by Crippen LogP contribution is 2.33. The van der Waals surface area contributed by atoms with Crippen LogP contribution in [0.1, 0.15) is 11.1 Å². The van der Waals surface area contributed by atoms with E-state index in [0.29, 0.717) is 39.3 Å². The zero-order valence-corrected chi connectivity index (χ0v) is 22.8. The molecule has 7 nitrogen and oxygen atoms in total. The highest BCUT2D eigenvalue weighted by atomic mass is 35.5. The van der Waals surface area contributed by atoms with Crippen molar-refractivity contribution in [1.29, 1.82) is 0 Å². The van der Waals surface area contributed by atoms with Crippen molar-refractivity contribution in [3.8, 4) is 34.1 Å². The molecule has 0 aliphatic heterocycles. The van der Waals surface area contributed by atoms with Gasteiger partial charge in [-0.1, -0.05) is 41.9 Å². The van der Waals surface area contributed by atoms with Gasteiger partial charge in [-0.2, -0.15) is 26.3 Å². The van der Waals surface area contributed by atoms with Gasteiger partial charge in [-0.15, -0.1) is 0 Å². The molecule has 0 atom stereocenters. The second-order valence-corrected chi connectivity index (χ2v) is 9.29. The molecular weight excluding hydrogens is 610 g/mol. The van der Waals surface area contributed by atoms with Crippen LogP contribution in [0.4, 0.5) is 26.3 Å². The third-order valence-corrected chi connectivity index (χ3v) is 6.17. The fraction of sp³-hybridized carbons (Fsp3) is 0.0667. The van der Waals surface area contributed by atoms with E-state index in [1.54, 1.807) is 30.6 Å². The van der Waals surface area contributed by atoms with E-state index in [-0.39, 0.29) is 11.0 Å². The Labute approximate surface area is 250 Å². The Hall–Kier alpha value is -5.17. The van der Waals surface area contributed by atoms with Crippen LogP contribution in [0.25, 0.3) is 33.5 Å². The molecule has 0 fully saturated rings.